The summed E-state index contributed by atoms with van der Waals surface area (Å²) in [5.74, 6) is 0.180. The molecule has 3 rings (SSSR count). The van der Waals surface area contributed by atoms with Gasteiger partial charge in [0.1, 0.15) is 0 Å². The van der Waals surface area contributed by atoms with E-state index in [4.69, 9.17) is 4.99 Å². The lowest BCUT2D eigenvalue weighted by Crippen LogP contribution is -2.46. The van der Waals surface area contributed by atoms with Gasteiger partial charge in [-0.2, -0.15) is 0 Å². The standard InChI is InChI=1S/C16H18N2O/c1-10-9-13-14(16(2,3)15(10)19)17-11-7-5-6-8-12(11)18(13)4/h5-10H,1-4H3. The summed E-state index contributed by atoms with van der Waals surface area (Å²) in [6.45, 7) is 5.90. The number of carbonyl (C=O) groups is 1. The van der Waals surface area contributed by atoms with Gasteiger partial charge >= 0.3 is 0 Å². The molecule has 3 nitrogen and oxygen atoms in total. The van der Waals surface area contributed by atoms with Gasteiger partial charge in [-0.05, 0) is 32.1 Å². The van der Waals surface area contributed by atoms with Crippen LogP contribution in [0.1, 0.15) is 20.8 Å². The first-order valence-electron chi connectivity index (χ1n) is 6.61. The lowest BCUT2D eigenvalue weighted by molar-refractivity contribution is -0.126. The van der Waals surface area contributed by atoms with Crippen molar-refractivity contribution in [2.45, 2.75) is 20.8 Å². The van der Waals surface area contributed by atoms with Crippen molar-refractivity contribution in [3.05, 3.63) is 36.0 Å². The van der Waals surface area contributed by atoms with Crippen LogP contribution in [0.15, 0.2) is 41.0 Å². The fraction of sp³-hybridized carbons (Fsp3) is 0.375. The molecule has 1 aliphatic heterocycles. The molecule has 0 spiro atoms. The number of nitrogens with zero attached hydrogens (tertiary/aromatic N) is 2. The maximum atomic E-state index is 12.4. The number of anilines is 1. The second-order valence-corrected chi connectivity index (χ2v) is 5.84. The largest absolute Gasteiger partial charge is 0.342 e. The maximum Gasteiger partial charge on any atom is 0.151 e. The summed E-state index contributed by atoms with van der Waals surface area (Å²) in [7, 11) is 2.04. The number of hydrogen-bond acceptors (Lipinski definition) is 3. The number of fused-ring (bicyclic) bond motifs is 2. The van der Waals surface area contributed by atoms with Crippen LogP contribution < -0.4 is 4.90 Å². The van der Waals surface area contributed by atoms with Crippen molar-refractivity contribution in [2.75, 3.05) is 11.9 Å². The van der Waals surface area contributed by atoms with Crippen molar-refractivity contribution in [3.8, 4) is 0 Å². The summed E-state index contributed by atoms with van der Waals surface area (Å²) in [5.41, 5.74) is 3.46. The number of allylic oxidation sites excluding steroid dienone is 2. The maximum absolute atomic E-state index is 12.4. The average molecular weight is 254 g/mol. The SMILES string of the molecule is CC1C=C2C(=Nc3ccccc3N2C)C(C)(C)C1=O. The van der Waals surface area contributed by atoms with Crippen LogP contribution in [-0.4, -0.2) is 18.5 Å². The molecule has 0 N–H and O–H groups in total. The highest BCUT2D eigenvalue weighted by molar-refractivity contribution is 6.23. The van der Waals surface area contributed by atoms with Gasteiger partial charge in [-0.1, -0.05) is 19.1 Å². The molecule has 19 heavy (non-hydrogen) atoms. The molecule has 0 radical (unpaired) electrons. The van der Waals surface area contributed by atoms with Crippen molar-refractivity contribution in [1.29, 1.82) is 0 Å². The van der Waals surface area contributed by atoms with Crippen molar-refractivity contribution < 1.29 is 4.79 Å². The Hall–Kier alpha value is -1.90. The fourth-order valence-electron chi connectivity index (χ4n) is 2.96. The van der Waals surface area contributed by atoms with Gasteiger partial charge in [0.15, 0.2) is 5.78 Å². The molecule has 1 aliphatic carbocycles. The Labute approximate surface area is 113 Å². The number of aliphatic imine (C=N–C) groups is 1. The highest BCUT2D eigenvalue weighted by Crippen LogP contribution is 2.43. The van der Waals surface area contributed by atoms with E-state index in [1.54, 1.807) is 0 Å². The second-order valence-electron chi connectivity index (χ2n) is 5.84. The van der Waals surface area contributed by atoms with Gasteiger partial charge in [-0.3, -0.25) is 4.79 Å². The topological polar surface area (TPSA) is 32.7 Å². The summed E-state index contributed by atoms with van der Waals surface area (Å²) < 4.78 is 0. The normalized spacial score (nSPS) is 24.3. The van der Waals surface area contributed by atoms with Crippen molar-refractivity contribution in [3.63, 3.8) is 0 Å². The molecule has 0 saturated carbocycles. The number of carbonyl (C=O) groups excluding carboxylic acids is 1. The van der Waals surface area contributed by atoms with Crippen molar-refractivity contribution in [1.82, 2.24) is 0 Å². The van der Waals surface area contributed by atoms with Crippen LogP contribution in [0.3, 0.4) is 0 Å². The number of hydrogen-bond donors (Lipinski definition) is 0. The molecule has 0 fully saturated rings. The van der Waals surface area contributed by atoms with Gasteiger partial charge < -0.3 is 4.90 Å². The molecule has 0 bridgehead atoms. The Morgan fingerprint density at radius 2 is 1.95 bits per heavy atom. The lowest BCUT2D eigenvalue weighted by Gasteiger charge is -2.40. The molecule has 98 valence electrons. The Morgan fingerprint density at radius 3 is 2.68 bits per heavy atom. The first kappa shape index (κ1) is 12.2. The zero-order valence-electron chi connectivity index (χ0n) is 11.8. The summed E-state index contributed by atoms with van der Waals surface area (Å²) in [6.07, 6.45) is 2.03. The van der Waals surface area contributed by atoms with E-state index in [-0.39, 0.29) is 11.7 Å². The molecule has 1 aromatic rings. The Bertz CT molecular complexity index is 625. The molecule has 1 atom stereocenters. The lowest BCUT2D eigenvalue weighted by atomic mass is 9.71. The minimum Gasteiger partial charge on any atom is -0.342 e. The molecule has 0 saturated heterocycles. The van der Waals surface area contributed by atoms with Gasteiger partial charge in [0.2, 0.25) is 0 Å². The minimum absolute atomic E-state index is 0.0586. The summed E-state index contributed by atoms with van der Waals surface area (Å²) in [5, 5.41) is 0. The molecule has 1 heterocycles. The zero-order valence-corrected chi connectivity index (χ0v) is 11.8. The van der Waals surface area contributed by atoms with Crippen LogP contribution in [0.5, 0.6) is 0 Å². The van der Waals surface area contributed by atoms with E-state index in [1.807, 2.05) is 52.1 Å². The predicted octanol–water partition coefficient (Wildman–Crippen LogP) is 3.34. The van der Waals surface area contributed by atoms with E-state index in [1.165, 1.54) is 0 Å². The molecule has 0 amide bonds. The Balaban J connectivity index is 2.27. The van der Waals surface area contributed by atoms with Crippen molar-refractivity contribution >= 4 is 22.9 Å². The van der Waals surface area contributed by atoms with Gasteiger partial charge in [-0.15, -0.1) is 0 Å². The van der Waals surface area contributed by atoms with E-state index >= 15 is 0 Å². The Morgan fingerprint density at radius 1 is 1.26 bits per heavy atom. The van der Waals surface area contributed by atoms with E-state index < -0.39 is 5.41 Å². The summed E-state index contributed by atoms with van der Waals surface area (Å²) in [4.78, 5) is 19.3. The molecule has 3 heteroatoms. The summed E-state index contributed by atoms with van der Waals surface area (Å²) in [6, 6.07) is 8.05. The number of para-hydroxylation sites is 2. The third-order valence-corrected chi connectivity index (χ3v) is 4.11. The highest BCUT2D eigenvalue weighted by Gasteiger charge is 2.44. The monoisotopic (exact) mass is 254 g/mol. The molecule has 1 unspecified atom stereocenters. The highest BCUT2D eigenvalue weighted by atomic mass is 16.1. The van der Waals surface area contributed by atoms with Crippen LogP contribution >= 0.6 is 0 Å². The molecular weight excluding hydrogens is 236 g/mol. The van der Waals surface area contributed by atoms with E-state index in [0.717, 1.165) is 22.8 Å². The quantitative estimate of drug-likeness (QED) is 0.711. The van der Waals surface area contributed by atoms with Crippen LogP contribution in [0, 0.1) is 11.3 Å². The third kappa shape index (κ3) is 1.57. The average Bonchev–Trinajstić information content (AvgIpc) is 2.39. The summed E-state index contributed by atoms with van der Waals surface area (Å²) >= 11 is 0. The number of Topliss-reactive ketones (excluding diaryl/α,β-unsaturated/α-hetero) is 1. The Kier molecular flexibility index (Phi) is 2.43. The van der Waals surface area contributed by atoms with Gasteiger partial charge in [0.05, 0.1) is 28.2 Å². The zero-order chi connectivity index (χ0) is 13.8. The van der Waals surface area contributed by atoms with E-state index in [2.05, 4.69) is 11.0 Å². The van der Waals surface area contributed by atoms with Gasteiger partial charge in [0, 0.05) is 13.0 Å². The smallest absolute Gasteiger partial charge is 0.151 e. The first-order valence-corrected chi connectivity index (χ1v) is 6.61. The van der Waals surface area contributed by atoms with Crippen LogP contribution in [-0.2, 0) is 4.79 Å². The van der Waals surface area contributed by atoms with Crippen LogP contribution in [0.4, 0.5) is 11.4 Å². The first-order chi connectivity index (χ1) is 8.93. The number of benzene rings is 1. The molecule has 0 aromatic heterocycles. The minimum atomic E-state index is -0.523. The number of rotatable bonds is 0. The van der Waals surface area contributed by atoms with Crippen LogP contribution in [0.25, 0.3) is 0 Å². The molecule has 1 aromatic carbocycles. The van der Waals surface area contributed by atoms with E-state index in [9.17, 15) is 4.79 Å². The number of ketones is 1. The second kappa shape index (κ2) is 3.80. The fourth-order valence-corrected chi connectivity index (χ4v) is 2.96. The molecular formula is C16H18N2O. The van der Waals surface area contributed by atoms with Crippen molar-refractivity contribution in [2.24, 2.45) is 16.3 Å². The van der Waals surface area contributed by atoms with E-state index in [0.29, 0.717) is 0 Å². The molecule has 2 aliphatic rings. The predicted molar refractivity (Wildman–Crippen MR) is 78.0 cm³/mol. The van der Waals surface area contributed by atoms with Crippen LogP contribution in [0.2, 0.25) is 0 Å². The third-order valence-electron chi connectivity index (χ3n) is 4.11. The van der Waals surface area contributed by atoms with Gasteiger partial charge in [0.25, 0.3) is 0 Å². The van der Waals surface area contributed by atoms with Gasteiger partial charge in [-0.25, -0.2) is 4.99 Å².